The van der Waals surface area contributed by atoms with Crippen LogP contribution < -0.4 is 5.32 Å². The minimum Gasteiger partial charge on any atom is -0.325 e. The van der Waals surface area contributed by atoms with E-state index in [1.165, 1.54) is 0 Å². The molecule has 0 radical (unpaired) electrons. The normalized spacial score (nSPS) is 11.6. The molecule has 1 unspecified atom stereocenters. The Kier molecular flexibility index (Phi) is 5.17. The zero-order valence-corrected chi connectivity index (χ0v) is 11.5. The molecule has 90 valence electrons. The first kappa shape index (κ1) is 13.7. The van der Waals surface area contributed by atoms with Gasteiger partial charge in [-0.3, -0.25) is 4.79 Å². The summed E-state index contributed by atoms with van der Waals surface area (Å²) >= 11 is 3.40. The van der Waals surface area contributed by atoms with Crippen molar-refractivity contribution in [3.63, 3.8) is 0 Å². The molecule has 1 atom stereocenters. The Morgan fingerprint density at radius 2 is 2.29 bits per heavy atom. The van der Waals surface area contributed by atoms with Crippen LogP contribution >= 0.6 is 15.9 Å². The van der Waals surface area contributed by atoms with E-state index in [-0.39, 0.29) is 5.91 Å². The SMILES string of the molecule is CCCC(C#N)C(=O)Nc1ccc(Br)c(C)c1. The smallest absolute Gasteiger partial charge is 0.241 e. The van der Waals surface area contributed by atoms with Crippen LogP contribution in [0.3, 0.4) is 0 Å². The highest BCUT2D eigenvalue weighted by Gasteiger charge is 2.16. The fourth-order valence-corrected chi connectivity index (χ4v) is 1.74. The Morgan fingerprint density at radius 3 is 2.82 bits per heavy atom. The van der Waals surface area contributed by atoms with Crippen LogP contribution in [0.15, 0.2) is 22.7 Å². The maximum atomic E-state index is 11.8. The highest BCUT2D eigenvalue weighted by atomic mass is 79.9. The summed E-state index contributed by atoms with van der Waals surface area (Å²) in [7, 11) is 0. The van der Waals surface area contributed by atoms with Gasteiger partial charge in [-0.15, -0.1) is 0 Å². The molecule has 0 bridgehead atoms. The summed E-state index contributed by atoms with van der Waals surface area (Å²) < 4.78 is 1.00. The largest absolute Gasteiger partial charge is 0.325 e. The average molecular weight is 295 g/mol. The van der Waals surface area contributed by atoms with Crippen molar-refractivity contribution in [1.29, 1.82) is 5.26 Å². The van der Waals surface area contributed by atoms with Crippen molar-refractivity contribution < 1.29 is 4.79 Å². The van der Waals surface area contributed by atoms with Crippen LogP contribution in [-0.2, 0) is 4.79 Å². The summed E-state index contributed by atoms with van der Waals surface area (Å²) in [5, 5.41) is 11.6. The quantitative estimate of drug-likeness (QED) is 0.922. The van der Waals surface area contributed by atoms with Gasteiger partial charge < -0.3 is 5.32 Å². The lowest BCUT2D eigenvalue weighted by molar-refractivity contribution is -0.118. The predicted molar refractivity (Wildman–Crippen MR) is 71.5 cm³/mol. The number of hydrogen-bond acceptors (Lipinski definition) is 2. The van der Waals surface area contributed by atoms with Gasteiger partial charge >= 0.3 is 0 Å². The molecule has 4 heteroatoms. The summed E-state index contributed by atoms with van der Waals surface area (Å²) in [4.78, 5) is 11.8. The number of carbonyl (C=O) groups is 1. The fourth-order valence-electron chi connectivity index (χ4n) is 1.49. The Morgan fingerprint density at radius 1 is 1.59 bits per heavy atom. The van der Waals surface area contributed by atoms with Gasteiger partial charge in [-0.25, -0.2) is 0 Å². The molecule has 0 aliphatic carbocycles. The highest BCUT2D eigenvalue weighted by Crippen LogP contribution is 2.20. The molecule has 0 saturated carbocycles. The fraction of sp³-hybridized carbons (Fsp3) is 0.385. The zero-order chi connectivity index (χ0) is 12.8. The number of rotatable bonds is 4. The third-order valence-corrected chi connectivity index (χ3v) is 3.36. The van der Waals surface area contributed by atoms with Gasteiger partial charge in [-0.2, -0.15) is 5.26 Å². The molecule has 1 amide bonds. The third kappa shape index (κ3) is 3.86. The molecule has 17 heavy (non-hydrogen) atoms. The van der Waals surface area contributed by atoms with Gasteiger partial charge in [-0.05, 0) is 37.1 Å². The number of amides is 1. The molecule has 0 aliphatic rings. The van der Waals surface area contributed by atoms with Crippen molar-refractivity contribution in [2.75, 3.05) is 5.32 Å². The Balaban J connectivity index is 2.74. The summed E-state index contributed by atoms with van der Waals surface area (Å²) in [6.07, 6.45) is 1.42. The van der Waals surface area contributed by atoms with Gasteiger partial charge in [0.05, 0.1) is 6.07 Å². The summed E-state index contributed by atoms with van der Waals surface area (Å²) in [5.74, 6) is -0.792. The number of benzene rings is 1. The minimum absolute atomic E-state index is 0.226. The lowest BCUT2D eigenvalue weighted by atomic mass is 10.0. The van der Waals surface area contributed by atoms with Crippen molar-refractivity contribution in [3.8, 4) is 6.07 Å². The van der Waals surface area contributed by atoms with Crippen molar-refractivity contribution in [2.24, 2.45) is 5.92 Å². The molecule has 0 aromatic heterocycles. The van der Waals surface area contributed by atoms with Gasteiger partial charge in [0, 0.05) is 10.2 Å². The van der Waals surface area contributed by atoms with Crippen LogP contribution in [0.5, 0.6) is 0 Å². The Hall–Kier alpha value is -1.34. The van der Waals surface area contributed by atoms with Crippen LogP contribution in [0.4, 0.5) is 5.69 Å². The number of anilines is 1. The second kappa shape index (κ2) is 6.41. The van der Waals surface area contributed by atoms with E-state index in [0.29, 0.717) is 6.42 Å². The van der Waals surface area contributed by atoms with E-state index in [0.717, 1.165) is 22.1 Å². The monoisotopic (exact) mass is 294 g/mol. The van der Waals surface area contributed by atoms with Crippen molar-refractivity contribution in [3.05, 3.63) is 28.2 Å². The first-order valence-corrected chi connectivity index (χ1v) is 6.34. The van der Waals surface area contributed by atoms with Crippen molar-refractivity contribution in [1.82, 2.24) is 0 Å². The number of hydrogen-bond donors (Lipinski definition) is 1. The van der Waals surface area contributed by atoms with Gasteiger partial charge in [0.1, 0.15) is 5.92 Å². The number of halogens is 1. The lowest BCUT2D eigenvalue weighted by Crippen LogP contribution is -2.21. The van der Waals surface area contributed by atoms with Crippen molar-refractivity contribution >= 4 is 27.5 Å². The molecular weight excluding hydrogens is 280 g/mol. The van der Waals surface area contributed by atoms with Crippen molar-refractivity contribution in [2.45, 2.75) is 26.7 Å². The first-order chi connectivity index (χ1) is 8.08. The summed E-state index contributed by atoms with van der Waals surface area (Å²) in [5.41, 5.74) is 1.78. The van der Waals surface area contributed by atoms with E-state index in [4.69, 9.17) is 5.26 Å². The number of carbonyl (C=O) groups excluding carboxylic acids is 1. The zero-order valence-electron chi connectivity index (χ0n) is 9.96. The minimum atomic E-state index is -0.566. The van der Waals surface area contributed by atoms with Crippen LogP contribution in [0.25, 0.3) is 0 Å². The molecule has 1 rings (SSSR count). The van der Waals surface area contributed by atoms with Crippen LogP contribution in [-0.4, -0.2) is 5.91 Å². The second-order valence-electron chi connectivity index (χ2n) is 3.92. The maximum Gasteiger partial charge on any atom is 0.241 e. The number of nitrogens with zero attached hydrogens (tertiary/aromatic N) is 1. The van der Waals surface area contributed by atoms with Crippen LogP contribution in [0.2, 0.25) is 0 Å². The average Bonchev–Trinajstić information content (AvgIpc) is 2.30. The molecule has 0 aliphatic heterocycles. The second-order valence-corrected chi connectivity index (χ2v) is 4.78. The molecule has 0 spiro atoms. The number of aryl methyl sites for hydroxylation is 1. The summed E-state index contributed by atoms with van der Waals surface area (Å²) in [6.45, 7) is 3.91. The van der Waals surface area contributed by atoms with E-state index in [2.05, 4.69) is 21.2 Å². The molecule has 0 saturated heterocycles. The van der Waals surface area contributed by atoms with Crippen LogP contribution in [0.1, 0.15) is 25.3 Å². The first-order valence-electron chi connectivity index (χ1n) is 5.55. The number of nitriles is 1. The molecule has 1 aromatic rings. The molecular formula is C13H15BrN2O. The van der Waals surface area contributed by atoms with E-state index in [9.17, 15) is 4.79 Å². The summed E-state index contributed by atoms with van der Waals surface area (Å²) in [6, 6.07) is 7.60. The van der Waals surface area contributed by atoms with Gasteiger partial charge in [0.15, 0.2) is 0 Å². The molecule has 1 aromatic carbocycles. The standard InChI is InChI=1S/C13H15BrN2O/c1-3-4-10(8-15)13(17)16-11-5-6-12(14)9(2)7-11/h5-7,10H,3-4H2,1-2H3,(H,16,17). The Labute approximate surface area is 110 Å². The van der Waals surface area contributed by atoms with Gasteiger partial charge in [-0.1, -0.05) is 29.3 Å². The maximum absolute atomic E-state index is 11.8. The third-order valence-electron chi connectivity index (χ3n) is 2.48. The molecule has 0 fully saturated rings. The molecule has 0 heterocycles. The van der Waals surface area contributed by atoms with E-state index >= 15 is 0 Å². The number of nitrogens with one attached hydrogen (secondary N) is 1. The lowest BCUT2D eigenvalue weighted by Gasteiger charge is -2.10. The van der Waals surface area contributed by atoms with Gasteiger partial charge in [0.2, 0.25) is 5.91 Å². The molecule has 3 nitrogen and oxygen atoms in total. The molecule has 1 N–H and O–H groups in total. The predicted octanol–water partition coefficient (Wildman–Crippen LogP) is 3.64. The topological polar surface area (TPSA) is 52.9 Å². The van der Waals surface area contributed by atoms with E-state index in [1.807, 2.05) is 38.1 Å². The highest BCUT2D eigenvalue weighted by molar-refractivity contribution is 9.10. The van der Waals surface area contributed by atoms with E-state index < -0.39 is 5.92 Å². The van der Waals surface area contributed by atoms with Crippen LogP contribution in [0, 0.1) is 24.2 Å². The van der Waals surface area contributed by atoms with Gasteiger partial charge in [0.25, 0.3) is 0 Å². The van der Waals surface area contributed by atoms with E-state index in [1.54, 1.807) is 0 Å². The Bertz CT molecular complexity index is 451.